The number of pyridine rings is 1. The van der Waals surface area contributed by atoms with E-state index >= 15 is 0 Å². The number of thiazole rings is 1. The lowest BCUT2D eigenvalue weighted by atomic mass is 10.0. The quantitative estimate of drug-likeness (QED) is 0.344. The molecule has 0 radical (unpaired) electrons. The number of rotatable bonds is 6. The molecule has 5 heteroatoms. The van der Waals surface area contributed by atoms with Gasteiger partial charge in [-0.1, -0.05) is 56.3 Å². The van der Waals surface area contributed by atoms with Crippen LogP contribution in [0, 0.1) is 24.2 Å². The zero-order valence-corrected chi connectivity index (χ0v) is 18.7. The molecule has 1 N–H and O–H groups in total. The van der Waals surface area contributed by atoms with Crippen molar-refractivity contribution in [1.29, 1.82) is 5.26 Å². The van der Waals surface area contributed by atoms with Gasteiger partial charge in [-0.05, 0) is 37.0 Å². The standard InChI is InChI=1S/C26H24N4S/c1-17(2)13-19-8-11-20(12-9-19)24-16-31-26(30-24)22(14-27)15-28-23-6-4-5-21-10-7-18(3)29-25(21)23/h4-12,15-17,28H,13H2,1-3H3/b22-15+. The summed E-state index contributed by atoms with van der Waals surface area (Å²) in [6.45, 7) is 6.42. The van der Waals surface area contributed by atoms with Crippen LogP contribution in [-0.4, -0.2) is 9.97 Å². The average molecular weight is 425 g/mol. The zero-order valence-electron chi connectivity index (χ0n) is 17.9. The number of benzene rings is 2. The van der Waals surface area contributed by atoms with Gasteiger partial charge in [0.15, 0.2) is 0 Å². The zero-order chi connectivity index (χ0) is 21.8. The first-order valence-corrected chi connectivity index (χ1v) is 11.2. The predicted octanol–water partition coefficient (Wildman–Crippen LogP) is 6.84. The van der Waals surface area contributed by atoms with Crippen LogP contribution in [0.15, 0.2) is 66.2 Å². The second-order valence-electron chi connectivity index (χ2n) is 7.98. The van der Waals surface area contributed by atoms with Gasteiger partial charge in [0, 0.05) is 28.2 Å². The van der Waals surface area contributed by atoms with Crippen molar-refractivity contribution in [1.82, 2.24) is 9.97 Å². The highest BCUT2D eigenvalue weighted by atomic mass is 32.1. The summed E-state index contributed by atoms with van der Waals surface area (Å²) in [4.78, 5) is 9.34. The lowest BCUT2D eigenvalue weighted by Crippen LogP contribution is -1.94. The minimum atomic E-state index is 0.498. The number of hydrogen-bond donors (Lipinski definition) is 1. The van der Waals surface area contributed by atoms with Crippen molar-refractivity contribution < 1.29 is 0 Å². The molecule has 0 aliphatic carbocycles. The minimum Gasteiger partial charge on any atom is -0.359 e. The molecule has 4 nitrogen and oxygen atoms in total. The Kier molecular flexibility index (Phi) is 6.11. The molecule has 0 aliphatic rings. The van der Waals surface area contributed by atoms with Crippen molar-refractivity contribution >= 4 is 33.5 Å². The van der Waals surface area contributed by atoms with E-state index in [4.69, 9.17) is 4.98 Å². The monoisotopic (exact) mass is 424 g/mol. The summed E-state index contributed by atoms with van der Waals surface area (Å²) < 4.78 is 0. The van der Waals surface area contributed by atoms with Crippen molar-refractivity contribution in [3.05, 3.63) is 82.4 Å². The number of aromatic nitrogens is 2. The van der Waals surface area contributed by atoms with E-state index in [9.17, 15) is 5.26 Å². The third kappa shape index (κ3) is 4.82. The SMILES string of the molecule is Cc1ccc2cccc(N/C=C(\C#N)c3nc(-c4ccc(CC(C)C)cc4)cs3)c2n1. The Hall–Kier alpha value is -3.49. The predicted molar refractivity (Wildman–Crippen MR) is 130 cm³/mol. The first-order valence-electron chi connectivity index (χ1n) is 10.3. The fraction of sp³-hybridized carbons (Fsp3) is 0.192. The van der Waals surface area contributed by atoms with Crippen LogP contribution >= 0.6 is 11.3 Å². The number of anilines is 1. The molecule has 2 heterocycles. The maximum absolute atomic E-state index is 9.71. The van der Waals surface area contributed by atoms with Crippen LogP contribution in [0.1, 0.15) is 30.1 Å². The molecule has 0 fully saturated rings. The summed E-state index contributed by atoms with van der Waals surface area (Å²) in [5.74, 6) is 0.633. The highest BCUT2D eigenvalue weighted by Crippen LogP contribution is 2.27. The molecule has 2 aromatic carbocycles. The molecule has 0 atom stereocenters. The van der Waals surface area contributed by atoms with Crippen LogP contribution in [0.4, 0.5) is 5.69 Å². The molecule has 0 unspecified atom stereocenters. The van der Waals surface area contributed by atoms with Crippen molar-refractivity contribution in [3.8, 4) is 17.3 Å². The van der Waals surface area contributed by atoms with Gasteiger partial charge in [0.2, 0.25) is 0 Å². The van der Waals surface area contributed by atoms with Gasteiger partial charge in [-0.15, -0.1) is 11.3 Å². The van der Waals surface area contributed by atoms with Crippen molar-refractivity contribution in [2.45, 2.75) is 27.2 Å². The Morgan fingerprint density at radius 3 is 2.65 bits per heavy atom. The summed E-state index contributed by atoms with van der Waals surface area (Å²) in [5, 5.41) is 16.7. The molecule has 0 bridgehead atoms. The molecule has 0 spiro atoms. The van der Waals surface area contributed by atoms with E-state index in [1.54, 1.807) is 6.20 Å². The highest BCUT2D eigenvalue weighted by molar-refractivity contribution is 7.11. The van der Waals surface area contributed by atoms with Gasteiger partial charge in [0.05, 0.1) is 16.9 Å². The molecular formula is C26H24N4S. The number of fused-ring (bicyclic) bond motifs is 1. The van der Waals surface area contributed by atoms with Gasteiger partial charge >= 0.3 is 0 Å². The molecule has 0 saturated carbocycles. The Morgan fingerprint density at radius 2 is 1.90 bits per heavy atom. The van der Waals surface area contributed by atoms with E-state index in [-0.39, 0.29) is 0 Å². The normalized spacial score (nSPS) is 11.6. The second-order valence-corrected chi connectivity index (χ2v) is 8.83. The van der Waals surface area contributed by atoms with Crippen molar-refractivity contribution in [2.24, 2.45) is 5.92 Å². The molecule has 154 valence electrons. The Morgan fingerprint density at radius 1 is 1.10 bits per heavy atom. The van der Waals surface area contributed by atoms with E-state index in [0.717, 1.165) is 40.0 Å². The second kappa shape index (κ2) is 9.11. The molecule has 0 aliphatic heterocycles. The number of nitriles is 1. The van der Waals surface area contributed by atoms with Crippen molar-refractivity contribution in [3.63, 3.8) is 0 Å². The van der Waals surface area contributed by atoms with Gasteiger partial charge in [-0.3, -0.25) is 4.98 Å². The third-order valence-corrected chi connectivity index (χ3v) is 5.86. The Balaban J connectivity index is 1.57. The van der Waals surface area contributed by atoms with E-state index < -0.39 is 0 Å². The molecule has 4 rings (SSSR count). The number of nitrogens with zero attached hydrogens (tertiary/aromatic N) is 3. The first kappa shape index (κ1) is 20.8. The van der Waals surface area contributed by atoms with Crippen LogP contribution in [0.2, 0.25) is 0 Å². The summed E-state index contributed by atoms with van der Waals surface area (Å²) in [6, 6.07) is 20.8. The number of para-hydroxylation sites is 1. The van der Waals surface area contributed by atoms with Crippen LogP contribution in [0.3, 0.4) is 0 Å². The van der Waals surface area contributed by atoms with E-state index in [1.165, 1.54) is 16.9 Å². The Bertz CT molecular complexity index is 1280. The highest BCUT2D eigenvalue weighted by Gasteiger charge is 2.10. The molecule has 31 heavy (non-hydrogen) atoms. The minimum absolute atomic E-state index is 0.498. The summed E-state index contributed by atoms with van der Waals surface area (Å²) >= 11 is 1.48. The number of nitrogens with one attached hydrogen (secondary N) is 1. The average Bonchev–Trinajstić information content (AvgIpc) is 3.24. The molecule has 0 saturated heterocycles. The van der Waals surface area contributed by atoms with E-state index in [1.807, 2.05) is 36.6 Å². The molecule has 2 aromatic heterocycles. The number of allylic oxidation sites excluding steroid dienone is 1. The van der Waals surface area contributed by atoms with Crippen LogP contribution in [0.5, 0.6) is 0 Å². The molecular weight excluding hydrogens is 400 g/mol. The third-order valence-electron chi connectivity index (χ3n) is 4.98. The number of aryl methyl sites for hydroxylation is 1. The van der Waals surface area contributed by atoms with Gasteiger partial charge in [-0.2, -0.15) is 5.26 Å². The topological polar surface area (TPSA) is 61.6 Å². The summed E-state index contributed by atoms with van der Waals surface area (Å²) in [7, 11) is 0. The van der Waals surface area contributed by atoms with Gasteiger partial charge in [-0.25, -0.2) is 4.98 Å². The summed E-state index contributed by atoms with van der Waals surface area (Å²) in [6.07, 6.45) is 2.78. The van der Waals surface area contributed by atoms with Crippen LogP contribution < -0.4 is 5.32 Å². The lowest BCUT2D eigenvalue weighted by Gasteiger charge is -2.06. The first-order chi connectivity index (χ1) is 15.0. The van der Waals surface area contributed by atoms with Crippen LogP contribution in [0.25, 0.3) is 27.7 Å². The molecule has 0 amide bonds. The van der Waals surface area contributed by atoms with Gasteiger partial charge in [0.25, 0.3) is 0 Å². The van der Waals surface area contributed by atoms with Crippen molar-refractivity contribution in [2.75, 3.05) is 5.32 Å². The number of hydrogen-bond acceptors (Lipinski definition) is 5. The fourth-order valence-electron chi connectivity index (χ4n) is 3.47. The molecule has 4 aromatic rings. The van der Waals surface area contributed by atoms with E-state index in [2.05, 4.69) is 60.5 Å². The largest absolute Gasteiger partial charge is 0.359 e. The van der Waals surface area contributed by atoms with Gasteiger partial charge in [0.1, 0.15) is 16.6 Å². The fourth-order valence-corrected chi connectivity index (χ4v) is 4.26. The smallest absolute Gasteiger partial charge is 0.136 e. The van der Waals surface area contributed by atoms with Gasteiger partial charge < -0.3 is 5.32 Å². The maximum Gasteiger partial charge on any atom is 0.136 e. The van der Waals surface area contributed by atoms with E-state index in [0.29, 0.717) is 16.5 Å². The summed E-state index contributed by atoms with van der Waals surface area (Å²) in [5.41, 5.74) is 6.49. The van der Waals surface area contributed by atoms with Crippen LogP contribution in [-0.2, 0) is 6.42 Å². The Labute approximate surface area is 186 Å². The lowest BCUT2D eigenvalue weighted by molar-refractivity contribution is 0.647. The maximum atomic E-state index is 9.71.